The second kappa shape index (κ2) is 3.90. The number of rotatable bonds is 2. The van der Waals surface area contributed by atoms with Gasteiger partial charge in [0.25, 0.3) is 0 Å². The van der Waals surface area contributed by atoms with Gasteiger partial charge in [0.1, 0.15) is 5.75 Å². The van der Waals surface area contributed by atoms with Crippen LogP contribution >= 0.6 is 9.47 Å². The fourth-order valence-corrected chi connectivity index (χ4v) is 1.23. The molecule has 0 fully saturated rings. The lowest BCUT2D eigenvalue weighted by molar-refractivity contribution is 0.425. The maximum absolute atomic E-state index is 8.82. The minimum atomic E-state index is -1.41. The Hall–Kier alpha value is -0.565. The summed E-state index contributed by atoms with van der Waals surface area (Å²) in [6.07, 6.45) is 0. The minimum absolute atomic E-state index is 0.471. The number of hydrogen-bond acceptors (Lipinski definition) is 3. The summed E-state index contributed by atoms with van der Waals surface area (Å²) < 4.78 is 4.93. The summed E-state index contributed by atoms with van der Waals surface area (Å²) in [5.74, 6) is 0.712. The van der Waals surface area contributed by atoms with Crippen LogP contribution in [0.2, 0.25) is 0 Å². The van der Waals surface area contributed by atoms with Crippen LogP contribution in [-0.2, 0) is 0 Å². The molecular weight excluding hydrogens is 174 g/mol. The molecule has 2 N–H and O–H groups in total. The van der Waals surface area contributed by atoms with Gasteiger partial charge in [0, 0.05) is 0 Å². The molecule has 64 valence electrons. The van der Waals surface area contributed by atoms with Crippen LogP contribution in [0.15, 0.2) is 18.2 Å². The summed E-state index contributed by atoms with van der Waals surface area (Å²) in [7, 11) is 0.728. The van der Waals surface area contributed by atoms with Crippen molar-refractivity contribution in [2.24, 2.45) is 0 Å². The predicted molar refractivity (Wildman–Crippen MR) is 51.3 cm³/mol. The first kappa shape index (κ1) is 9.52. The van der Waals surface area contributed by atoms with E-state index in [1.54, 1.807) is 18.2 Å². The Morgan fingerprint density at radius 3 is 2.50 bits per heavy atom. The fourth-order valence-electron chi connectivity index (χ4n) is 0.965. The molecule has 1 aromatic rings. The molecule has 0 saturated heterocycles. The average Bonchev–Trinajstić information content (AvgIpc) is 2.04. The molecule has 0 saturated carbocycles. The highest BCUT2D eigenvalue weighted by Crippen LogP contribution is 2.17. The molecule has 1 rings (SSSR count). The van der Waals surface area contributed by atoms with E-state index in [0.717, 1.165) is 5.56 Å². The van der Waals surface area contributed by atoms with E-state index in [9.17, 15) is 0 Å². The van der Waals surface area contributed by atoms with E-state index < -0.39 is 7.12 Å². The third-order valence-electron chi connectivity index (χ3n) is 1.62. The van der Waals surface area contributed by atoms with Gasteiger partial charge in [0.15, 0.2) is 0 Å². The minimum Gasteiger partial charge on any atom is -0.480 e. The van der Waals surface area contributed by atoms with Crippen LogP contribution in [0.25, 0.3) is 0 Å². The van der Waals surface area contributed by atoms with E-state index in [1.807, 2.05) is 6.92 Å². The van der Waals surface area contributed by atoms with Gasteiger partial charge in [-0.25, -0.2) is 0 Å². The maximum atomic E-state index is 8.82. The van der Waals surface area contributed by atoms with E-state index in [2.05, 4.69) is 9.47 Å². The largest absolute Gasteiger partial charge is 0.488 e. The second-order valence-corrected chi connectivity index (χ2v) is 2.75. The molecule has 0 aliphatic carbocycles. The zero-order valence-corrected chi connectivity index (χ0v) is 7.84. The van der Waals surface area contributed by atoms with E-state index in [-0.39, 0.29) is 0 Å². The molecule has 0 aliphatic rings. The van der Waals surface area contributed by atoms with E-state index in [4.69, 9.17) is 14.6 Å². The molecule has 0 radical (unpaired) electrons. The Morgan fingerprint density at radius 2 is 2.08 bits per heavy atom. The van der Waals surface area contributed by atoms with Gasteiger partial charge in [-0.1, -0.05) is 12.1 Å². The van der Waals surface area contributed by atoms with Gasteiger partial charge in [-0.3, -0.25) is 0 Å². The molecule has 0 amide bonds. The number of hydrogen-bond donors (Lipinski definition) is 2. The Kier molecular flexibility index (Phi) is 3.09. The fraction of sp³-hybridized carbons (Fsp3) is 0.143. The SMILES string of the molecule is Cc1cc(B(O)O)ccc1OP. The van der Waals surface area contributed by atoms with Crippen molar-refractivity contribution in [1.82, 2.24) is 0 Å². The van der Waals surface area contributed by atoms with Crippen LogP contribution in [0.4, 0.5) is 0 Å². The zero-order chi connectivity index (χ0) is 9.14. The Morgan fingerprint density at radius 1 is 1.42 bits per heavy atom. The molecule has 1 atom stereocenters. The highest BCUT2D eigenvalue weighted by Gasteiger charge is 2.11. The maximum Gasteiger partial charge on any atom is 0.488 e. The Labute approximate surface area is 73.8 Å². The summed E-state index contributed by atoms with van der Waals surface area (Å²) in [6.45, 7) is 1.84. The van der Waals surface area contributed by atoms with Gasteiger partial charge in [0.2, 0.25) is 0 Å². The summed E-state index contributed by atoms with van der Waals surface area (Å²) in [4.78, 5) is 0. The number of benzene rings is 1. The Balaban J connectivity index is 3.02. The molecule has 1 aromatic carbocycles. The molecule has 0 heterocycles. The molecule has 1 unspecified atom stereocenters. The van der Waals surface area contributed by atoms with Crippen molar-refractivity contribution >= 4 is 22.0 Å². The zero-order valence-electron chi connectivity index (χ0n) is 6.69. The number of aryl methyl sites for hydroxylation is 1. The van der Waals surface area contributed by atoms with Gasteiger partial charge in [-0.2, -0.15) is 0 Å². The third-order valence-corrected chi connectivity index (χ3v) is 1.88. The second-order valence-electron chi connectivity index (χ2n) is 2.52. The third kappa shape index (κ3) is 1.98. The molecule has 3 nitrogen and oxygen atoms in total. The topological polar surface area (TPSA) is 49.7 Å². The first-order valence-corrected chi connectivity index (χ1v) is 3.95. The molecule has 0 aromatic heterocycles. The van der Waals surface area contributed by atoms with Gasteiger partial charge in [-0.05, 0) is 24.0 Å². The quantitative estimate of drug-likeness (QED) is 0.496. The Bertz CT molecular complexity index is 277. The average molecular weight is 184 g/mol. The van der Waals surface area contributed by atoms with Gasteiger partial charge >= 0.3 is 7.12 Å². The van der Waals surface area contributed by atoms with Crippen LogP contribution in [0.3, 0.4) is 0 Å². The highest BCUT2D eigenvalue weighted by atomic mass is 31.0. The summed E-state index contributed by atoms with van der Waals surface area (Å²) in [5, 5.41) is 17.6. The van der Waals surface area contributed by atoms with Crippen LogP contribution < -0.4 is 9.99 Å². The van der Waals surface area contributed by atoms with Crippen LogP contribution in [-0.4, -0.2) is 17.2 Å². The monoisotopic (exact) mass is 184 g/mol. The smallest absolute Gasteiger partial charge is 0.480 e. The van der Waals surface area contributed by atoms with Crippen molar-refractivity contribution in [2.45, 2.75) is 6.92 Å². The van der Waals surface area contributed by atoms with Crippen molar-refractivity contribution in [1.29, 1.82) is 0 Å². The van der Waals surface area contributed by atoms with Gasteiger partial charge in [-0.15, -0.1) is 0 Å². The van der Waals surface area contributed by atoms with E-state index in [0.29, 0.717) is 11.2 Å². The highest BCUT2D eigenvalue weighted by molar-refractivity contribution is 7.10. The summed E-state index contributed by atoms with van der Waals surface area (Å²) in [5.41, 5.74) is 1.34. The van der Waals surface area contributed by atoms with Crippen molar-refractivity contribution in [3.05, 3.63) is 23.8 Å². The summed E-state index contributed by atoms with van der Waals surface area (Å²) >= 11 is 0. The first-order valence-electron chi connectivity index (χ1n) is 3.48. The lowest BCUT2D eigenvalue weighted by Gasteiger charge is -2.05. The standard InChI is InChI=1S/C7H10BO3P/c1-5-4-6(8(9)10)2-3-7(5)11-12/h2-4,9-10H,12H2,1H3. The van der Waals surface area contributed by atoms with Crippen LogP contribution in [0.1, 0.15) is 5.56 Å². The molecule has 0 bridgehead atoms. The molecular formula is C7H10BO3P. The van der Waals surface area contributed by atoms with Gasteiger partial charge in [0.05, 0.1) is 9.47 Å². The normalized spacial score (nSPS) is 9.67. The van der Waals surface area contributed by atoms with E-state index >= 15 is 0 Å². The molecule has 0 aliphatic heterocycles. The van der Waals surface area contributed by atoms with Gasteiger partial charge < -0.3 is 14.6 Å². The molecule has 5 heteroatoms. The van der Waals surface area contributed by atoms with Crippen molar-refractivity contribution in [2.75, 3.05) is 0 Å². The lowest BCUT2D eigenvalue weighted by Crippen LogP contribution is -2.29. The first-order chi connectivity index (χ1) is 5.65. The molecule has 12 heavy (non-hydrogen) atoms. The van der Waals surface area contributed by atoms with Crippen LogP contribution in [0.5, 0.6) is 5.75 Å². The van der Waals surface area contributed by atoms with Crippen molar-refractivity contribution in [3.63, 3.8) is 0 Å². The predicted octanol–water partition coefficient (Wildman–Crippen LogP) is -0.156. The van der Waals surface area contributed by atoms with Crippen molar-refractivity contribution in [3.8, 4) is 5.75 Å². The van der Waals surface area contributed by atoms with Crippen molar-refractivity contribution < 1.29 is 14.6 Å². The molecule has 0 spiro atoms. The lowest BCUT2D eigenvalue weighted by atomic mass is 9.79. The van der Waals surface area contributed by atoms with E-state index in [1.165, 1.54) is 0 Å². The van der Waals surface area contributed by atoms with Crippen LogP contribution in [0, 0.1) is 6.92 Å². The summed E-state index contributed by atoms with van der Waals surface area (Å²) in [6, 6.07) is 4.97.